The fraction of sp³-hybridized carbons (Fsp3) is 0.933. The molecule has 1 atom stereocenters. The van der Waals surface area contributed by atoms with E-state index in [4.69, 9.17) is 0 Å². The number of nitro groups is 1. The van der Waals surface area contributed by atoms with Crippen LogP contribution in [0.15, 0.2) is 0 Å². The molecule has 20 heavy (non-hydrogen) atoms. The van der Waals surface area contributed by atoms with Gasteiger partial charge in [0.05, 0.1) is 0 Å². The fourth-order valence-corrected chi connectivity index (χ4v) is 2.78. The van der Waals surface area contributed by atoms with E-state index in [0.717, 1.165) is 38.5 Å². The molecule has 0 saturated heterocycles. The van der Waals surface area contributed by atoms with E-state index in [1.807, 2.05) is 0 Å². The summed E-state index contributed by atoms with van der Waals surface area (Å²) >= 11 is 0. The van der Waals surface area contributed by atoms with E-state index in [2.05, 4.69) is 0 Å². The van der Waals surface area contributed by atoms with Gasteiger partial charge in [0.25, 0.3) is 6.04 Å². The van der Waals surface area contributed by atoms with E-state index < -0.39 is 6.04 Å². The standard InChI is InChI=1S/C15H27NO3.H3N/c17-15-13-11-9-7-5-3-1-2-4-6-8-10-12-14(15)16(18)19;/h14H,1-13H2;1H3. The van der Waals surface area contributed by atoms with E-state index in [0.29, 0.717) is 12.8 Å². The summed E-state index contributed by atoms with van der Waals surface area (Å²) in [6, 6.07) is -0.940. The number of nitrogens with zero attached hydrogens (tertiary/aromatic N) is 1. The Labute approximate surface area is 122 Å². The van der Waals surface area contributed by atoms with Crippen LogP contribution in [0.3, 0.4) is 0 Å². The molecule has 0 aromatic rings. The third-order valence-electron chi connectivity index (χ3n) is 4.03. The van der Waals surface area contributed by atoms with Crippen molar-refractivity contribution in [3.63, 3.8) is 0 Å². The summed E-state index contributed by atoms with van der Waals surface area (Å²) in [5.41, 5.74) is 0. The quantitative estimate of drug-likeness (QED) is 0.569. The summed E-state index contributed by atoms with van der Waals surface area (Å²) in [6.45, 7) is 0. The second kappa shape index (κ2) is 11.8. The number of Topliss-reactive ketones (excluding diaryl/α,β-unsaturated/α-hetero) is 1. The van der Waals surface area contributed by atoms with Gasteiger partial charge < -0.3 is 6.15 Å². The van der Waals surface area contributed by atoms with Crippen molar-refractivity contribution in [2.45, 2.75) is 89.5 Å². The lowest BCUT2D eigenvalue weighted by molar-refractivity contribution is -0.508. The van der Waals surface area contributed by atoms with Crippen LogP contribution in [0, 0.1) is 10.1 Å². The van der Waals surface area contributed by atoms with Gasteiger partial charge >= 0.3 is 0 Å². The predicted octanol–water partition coefficient (Wildman–Crippen LogP) is 4.45. The zero-order valence-electron chi connectivity index (χ0n) is 12.6. The SMILES string of the molecule is N.O=C1CCCCCCCCCCCCCC1[N+](=O)[O-]. The highest BCUT2D eigenvalue weighted by Gasteiger charge is 2.27. The number of carbonyl (C=O) groups excluding carboxylic acids is 1. The number of hydrogen-bond donors (Lipinski definition) is 1. The van der Waals surface area contributed by atoms with E-state index in [1.54, 1.807) is 0 Å². The Morgan fingerprint density at radius 1 is 0.800 bits per heavy atom. The Kier molecular flexibility index (Phi) is 11.3. The van der Waals surface area contributed by atoms with Gasteiger partial charge in [-0.3, -0.25) is 14.9 Å². The smallest absolute Gasteiger partial charge is 0.270 e. The van der Waals surface area contributed by atoms with Gasteiger partial charge in [-0.1, -0.05) is 57.8 Å². The molecule has 0 aromatic heterocycles. The van der Waals surface area contributed by atoms with Gasteiger partial charge in [0.1, 0.15) is 0 Å². The van der Waals surface area contributed by atoms with Crippen molar-refractivity contribution in [1.29, 1.82) is 0 Å². The van der Waals surface area contributed by atoms with Crippen LogP contribution in [-0.2, 0) is 4.79 Å². The lowest BCUT2D eigenvalue weighted by atomic mass is 10.00. The average Bonchev–Trinajstić information content (AvgIpc) is 2.38. The first-order chi connectivity index (χ1) is 9.22. The van der Waals surface area contributed by atoms with Gasteiger partial charge in [0, 0.05) is 17.8 Å². The highest BCUT2D eigenvalue weighted by Crippen LogP contribution is 2.16. The van der Waals surface area contributed by atoms with Crippen LogP contribution < -0.4 is 6.15 Å². The molecule has 1 fully saturated rings. The van der Waals surface area contributed by atoms with Gasteiger partial charge in [-0.15, -0.1) is 0 Å². The first kappa shape index (κ1) is 19.0. The Hall–Kier alpha value is -0.970. The third-order valence-corrected chi connectivity index (χ3v) is 4.03. The maximum atomic E-state index is 11.9. The zero-order valence-corrected chi connectivity index (χ0v) is 12.6. The molecule has 0 aromatic carbocycles. The van der Waals surface area contributed by atoms with Crippen LogP contribution in [0.25, 0.3) is 0 Å². The number of hydrogen-bond acceptors (Lipinski definition) is 4. The fourth-order valence-electron chi connectivity index (χ4n) is 2.78. The highest BCUT2D eigenvalue weighted by atomic mass is 16.6. The molecule has 0 aliphatic heterocycles. The molecule has 5 heteroatoms. The Balaban J connectivity index is 0.00000361. The molecule has 118 valence electrons. The monoisotopic (exact) mass is 286 g/mol. The van der Waals surface area contributed by atoms with Gasteiger partial charge in [-0.2, -0.15) is 0 Å². The molecule has 0 amide bonds. The minimum atomic E-state index is -0.940. The Morgan fingerprint density at radius 3 is 1.65 bits per heavy atom. The minimum absolute atomic E-state index is 0. The minimum Gasteiger partial charge on any atom is -0.344 e. The van der Waals surface area contributed by atoms with Crippen LogP contribution in [0.1, 0.15) is 83.5 Å². The van der Waals surface area contributed by atoms with Crippen molar-refractivity contribution in [1.82, 2.24) is 6.15 Å². The van der Waals surface area contributed by atoms with Gasteiger partial charge in [-0.05, 0) is 12.8 Å². The number of ketones is 1. The Morgan fingerprint density at radius 2 is 1.20 bits per heavy atom. The molecular weight excluding hydrogens is 256 g/mol. The van der Waals surface area contributed by atoms with Crippen molar-refractivity contribution in [3.8, 4) is 0 Å². The van der Waals surface area contributed by atoms with E-state index in [1.165, 1.54) is 32.1 Å². The lowest BCUT2D eigenvalue weighted by Gasteiger charge is -2.08. The lowest BCUT2D eigenvalue weighted by Crippen LogP contribution is -2.29. The topological polar surface area (TPSA) is 95.2 Å². The third kappa shape index (κ3) is 8.25. The summed E-state index contributed by atoms with van der Waals surface area (Å²) < 4.78 is 0. The molecule has 0 spiro atoms. The second-order valence-corrected chi connectivity index (χ2v) is 5.70. The van der Waals surface area contributed by atoms with E-state index in [-0.39, 0.29) is 16.9 Å². The summed E-state index contributed by atoms with van der Waals surface area (Å²) in [6.07, 6.45) is 13.2. The van der Waals surface area contributed by atoms with Crippen LogP contribution in [-0.4, -0.2) is 16.7 Å². The van der Waals surface area contributed by atoms with Crippen molar-refractivity contribution >= 4 is 5.78 Å². The first-order valence-corrected chi connectivity index (χ1v) is 7.88. The maximum absolute atomic E-state index is 11.9. The molecule has 0 bridgehead atoms. The molecule has 1 aliphatic rings. The number of carbonyl (C=O) groups is 1. The molecule has 5 nitrogen and oxygen atoms in total. The van der Waals surface area contributed by atoms with Crippen LogP contribution in [0.2, 0.25) is 0 Å². The highest BCUT2D eigenvalue weighted by molar-refractivity contribution is 5.82. The van der Waals surface area contributed by atoms with Gasteiger partial charge in [0.15, 0.2) is 0 Å². The second-order valence-electron chi connectivity index (χ2n) is 5.70. The first-order valence-electron chi connectivity index (χ1n) is 7.88. The van der Waals surface area contributed by atoms with E-state index >= 15 is 0 Å². The van der Waals surface area contributed by atoms with Gasteiger partial charge in [0.2, 0.25) is 5.78 Å². The summed E-state index contributed by atoms with van der Waals surface area (Å²) in [7, 11) is 0. The molecule has 0 heterocycles. The molecule has 1 unspecified atom stereocenters. The zero-order chi connectivity index (χ0) is 13.9. The van der Waals surface area contributed by atoms with Crippen molar-refractivity contribution in [3.05, 3.63) is 10.1 Å². The van der Waals surface area contributed by atoms with Crippen LogP contribution in [0.4, 0.5) is 0 Å². The van der Waals surface area contributed by atoms with Crippen LogP contribution >= 0.6 is 0 Å². The molecular formula is C15H30N2O3. The molecule has 0 radical (unpaired) electrons. The average molecular weight is 286 g/mol. The van der Waals surface area contributed by atoms with Crippen LogP contribution in [0.5, 0.6) is 0 Å². The molecule has 1 saturated carbocycles. The number of rotatable bonds is 1. The Bertz CT molecular complexity index is 282. The summed E-state index contributed by atoms with van der Waals surface area (Å²) in [5.74, 6) is -0.153. The van der Waals surface area contributed by atoms with Crippen molar-refractivity contribution < 1.29 is 9.72 Å². The molecule has 3 N–H and O–H groups in total. The normalized spacial score (nSPS) is 24.0. The maximum Gasteiger partial charge on any atom is 0.270 e. The largest absolute Gasteiger partial charge is 0.344 e. The van der Waals surface area contributed by atoms with E-state index in [9.17, 15) is 14.9 Å². The molecule has 1 rings (SSSR count). The molecule has 1 aliphatic carbocycles. The summed E-state index contributed by atoms with van der Waals surface area (Å²) in [5, 5.41) is 10.9. The van der Waals surface area contributed by atoms with Crippen molar-refractivity contribution in [2.24, 2.45) is 0 Å². The van der Waals surface area contributed by atoms with Crippen molar-refractivity contribution in [2.75, 3.05) is 0 Å². The predicted molar refractivity (Wildman–Crippen MR) is 80.8 cm³/mol. The van der Waals surface area contributed by atoms with Gasteiger partial charge in [-0.25, -0.2) is 0 Å². The summed E-state index contributed by atoms with van der Waals surface area (Å²) in [4.78, 5) is 22.4.